The Morgan fingerprint density at radius 3 is 2.53 bits per heavy atom. The summed E-state index contributed by atoms with van der Waals surface area (Å²) >= 11 is 0. The number of methoxy groups -OCH3 is 1. The van der Waals surface area contributed by atoms with Gasteiger partial charge in [-0.05, 0) is 23.8 Å². The summed E-state index contributed by atoms with van der Waals surface area (Å²) in [5, 5.41) is 18.7. The van der Waals surface area contributed by atoms with Crippen molar-refractivity contribution in [1.29, 1.82) is 0 Å². The topological polar surface area (TPSA) is 49.7 Å². The summed E-state index contributed by atoms with van der Waals surface area (Å²) < 4.78 is 18.6. The van der Waals surface area contributed by atoms with Crippen LogP contribution in [0.3, 0.4) is 0 Å². The van der Waals surface area contributed by atoms with Gasteiger partial charge >= 0.3 is 0 Å². The van der Waals surface area contributed by atoms with Gasteiger partial charge in [0.25, 0.3) is 0 Å². The van der Waals surface area contributed by atoms with E-state index in [-0.39, 0.29) is 17.1 Å². The Labute approximate surface area is 97.7 Å². The van der Waals surface area contributed by atoms with E-state index in [1.54, 1.807) is 18.2 Å². The predicted octanol–water partition coefficient (Wildman–Crippen LogP) is 2.91. The highest BCUT2D eigenvalue weighted by molar-refractivity contribution is 5.69. The average Bonchev–Trinajstić information content (AvgIpc) is 2.34. The summed E-state index contributed by atoms with van der Waals surface area (Å²) in [7, 11) is 1.41. The minimum absolute atomic E-state index is 0.0168. The minimum Gasteiger partial charge on any atom is -0.505 e. The molecule has 0 amide bonds. The highest BCUT2D eigenvalue weighted by Crippen LogP contribution is 2.34. The number of phenolic OH excluding ortho intramolecular Hbond substituents is 2. The summed E-state index contributed by atoms with van der Waals surface area (Å²) in [4.78, 5) is 0. The minimum atomic E-state index is -0.694. The van der Waals surface area contributed by atoms with Crippen molar-refractivity contribution < 1.29 is 19.3 Å². The van der Waals surface area contributed by atoms with Gasteiger partial charge in [-0.1, -0.05) is 18.2 Å². The molecule has 0 bridgehead atoms. The van der Waals surface area contributed by atoms with Crippen LogP contribution in [0.1, 0.15) is 0 Å². The lowest BCUT2D eigenvalue weighted by atomic mass is 10.0. The van der Waals surface area contributed by atoms with Crippen molar-refractivity contribution in [3.63, 3.8) is 0 Å². The molecular formula is C13H11FO3. The zero-order valence-electron chi connectivity index (χ0n) is 9.14. The number of rotatable bonds is 2. The van der Waals surface area contributed by atoms with Crippen LogP contribution in [0, 0.1) is 5.82 Å². The third kappa shape index (κ3) is 2.01. The molecule has 0 atom stereocenters. The quantitative estimate of drug-likeness (QED) is 0.839. The molecule has 2 aromatic carbocycles. The third-order valence-electron chi connectivity index (χ3n) is 2.47. The van der Waals surface area contributed by atoms with E-state index < -0.39 is 11.6 Å². The number of hydrogen-bond acceptors (Lipinski definition) is 3. The van der Waals surface area contributed by atoms with Crippen molar-refractivity contribution >= 4 is 0 Å². The molecule has 0 aromatic heterocycles. The summed E-state index contributed by atoms with van der Waals surface area (Å²) in [6, 6.07) is 8.84. The maximum Gasteiger partial charge on any atom is 0.172 e. The molecule has 0 unspecified atom stereocenters. The summed E-state index contributed by atoms with van der Waals surface area (Å²) in [6.07, 6.45) is 0. The molecule has 0 aliphatic heterocycles. The van der Waals surface area contributed by atoms with Gasteiger partial charge in [0.05, 0.1) is 7.11 Å². The molecule has 0 heterocycles. The van der Waals surface area contributed by atoms with Gasteiger partial charge in [0, 0.05) is 5.56 Å². The van der Waals surface area contributed by atoms with Gasteiger partial charge in [-0.15, -0.1) is 0 Å². The van der Waals surface area contributed by atoms with Crippen LogP contribution in [0.2, 0.25) is 0 Å². The van der Waals surface area contributed by atoms with Crippen LogP contribution in [0.4, 0.5) is 4.39 Å². The van der Waals surface area contributed by atoms with Gasteiger partial charge < -0.3 is 14.9 Å². The largest absolute Gasteiger partial charge is 0.505 e. The second-order valence-corrected chi connectivity index (χ2v) is 3.53. The van der Waals surface area contributed by atoms with Crippen molar-refractivity contribution in [2.75, 3.05) is 7.11 Å². The number of hydrogen-bond donors (Lipinski definition) is 2. The Bertz CT molecular complexity index is 552. The lowest BCUT2D eigenvalue weighted by molar-refractivity contribution is 0.373. The maximum absolute atomic E-state index is 13.7. The van der Waals surface area contributed by atoms with Crippen LogP contribution >= 0.6 is 0 Å². The summed E-state index contributed by atoms with van der Waals surface area (Å²) in [5.41, 5.74) is 0.774. The Kier molecular flexibility index (Phi) is 2.87. The SMILES string of the molecule is COc1cc(-c2cccc(O)c2F)ccc1O. The second-order valence-electron chi connectivity index (χ2n) is 3.53. The molecule has 0 radical (unpaired) electrons. The fraction of sp³-hybridized carbons (Fsp3) is 0.0769. The molecule has 0 saturated heterocycles. The van der Waals surface area contributed by atoms with Gasteiger partial charge in [0.15, 0.2) is 23.1 Å². The first-order valence-electron chi connectivity index (χ1n) is 4.98. The van der Waals surface area contributed by atoms with Crippen molar-refractivity contribution in [2.24, 2.45) is 0 Å². The molecule has 17 heavy (non-hydrogen) atoms. The van der Waals surface area contributed by atoms with E-state index in [4.69, 9.17) is 4.74 Å². The molecule has 88 valence electrons. The molecule has 0 aliphatic rings. The fourth-order valence-corrected chi connectivity index (χ4v) is 1.59. The monoisotopic (exact) mass is 234 g/mol. The van der Waals surface area contributed by atoms with Crippen LogP contribution in [-0.2, 0) is 0 Å². The number of aromatic hydroxyl groups is 2. The van der Waals surface area contributed by atoms with Crippen molar-refractivity contribution in [2.45, 2.75) is 0 Å². The Morgan fingerprint density at radius 1 is 1.06 bits per heavy atom. The van der Waals surface area contributed by atoms with Crippen LogP contribution < -0.4 is 4.74 Å². The molecule has 2 rings (SSSR count). The summed E-state index contributed by atoms with van der Waals surface area (Å²) in [6.45, 7) is 0. The molecule has 0 saturated carbocycles. The van der Waals surface area contributed by atoms with Crippen molar-refractivity contribution in [3.8, 4) is 28.4 Å². The fourth-order valence-electron chi connectivity index (χ4n) is 1.59. The van der Waals surface area contributed by atoms with Crippen LogP contribution in [0.15, 0.2) is 36.4 Å². The van der Waals surface area contributed by atoms with Gasteiger partial charge in [0.2, 0.25) is 0 Å². The van der Waals surface area contributed by atoms with Gasteiger partial charge in [-0.2, -0.15) is 0 Å². The van der Waals surface area contributed by atoms with Crippen molar-refractivity contribution in [1.82, 2.24) is 0 Å². The van der Waals surface area contributed by atoms with Crippen molar-refractivity contribution in [3.05, 3.63) is 42.2 Å². The first-order chi connectivity index (χ1) is 8.13. The zero-order chi connectivity index (χ0) is 12.4. The molecule has 2 aromatic rings. The lowest BCUT2D eigenvalue weighted by Gasteiger charge is -2.08. The van der Waals surface area contributed by atoms with E-state index in [0.29, 0.717) is 5.56 Å². The number of phenols is 2. The number of halogens is 1. The normalized spacial score (nSPS) is 10.2. The van der Waals surface area contributed by atoms with Crippen LogP contribution in [0.25, 0.3) is 11.1 Å². The average molecular weight is 234 g/mol. The van der Waals surface area contributed by atoms with E-state index in [1.807, 2.05) is 0 Å². The Morgan fingerprint density at radius 2 is 1.82 bits per heavy atom. The molecule has 2 N–H and O–H groups in total. The molecular weight excluding hydrogens is 223 g/mol. The molecule has 4 heteroatoms. The van der Waals surface area contributed by atoms with Crippen LogP contribution in [-0.4, -0.2) is 17.3 Å². The molecule has 0 aliphatic carbocycles. The van der Waals surface area contributed by atoms with Gasteiger partial charge in [0.1, 0.15) is 0 Å². The van der Waals surface area contributed by atoms with Crippen LogP contribution in [0.5, 0.6) is 17.2 Å². The van der Waals surface area contributed by atoms with Gasteiger partial charge in [-0.25, -0.2) is 4.39 Å². The number of benzene rings is 2. The summed E-state index contributed by atoms with van der Waals surface area (Å²) in [5.74, 6) is -0.864. The van der Waals surface area contributed by atoms with E-state index in [1.165, 1.54) is 25.3 Å². The zero-order valence-corrected chi connectivity index (χ0v) is 9.14. The highest BCUT2D eigenvalue weighted by Gasteiger charge is 2.11. The smallest absolute Gasteiger partial charge is 0.172 e. The first kappa shape index (κ1) is 11.3. The standard InChI is InChI=1S/C13H11FO3/c1-17-12-7-8(5-6-10(12)15)9-3-2-4-11(16)13(9)14/h2-7,15-16H,1H3. The van der Waals surface area contributed by atoms with E-state index >= 15 is 0 Å². The maximum atomic E-state index is 13.7. The number of ether oxygens (including phenoxy) is 1. The lowest BCUT2D eigenvalue weighted by Crippen LogP contribution is -1.88. The predicted molar refractivity (Wildman–Crippen MR) is 61.7 cm³/mol. The molecule has 0 fully saturated rings. The Balaban J connectivity index is 2.57. The second kappa shape index (κ2) is 4.33. The Hall–Kier alpha value is -2.23. The molecule has 0 spiro atoms. The first-order valence-corrected chi connectivity index (χ1v) is 4.98. The van der Waals surface area contributed by atoms with Gasteiger partial charge in [-0.3, -0.25) is 0 Å². The molecule has 3 nitrogen and oxygen atoms in total. The highest BCUT2D eigenvalue weighted by atomic mass is 19.1. The van der Waals surface area contributed by atoms with E-state index in [0.717, 1.165) is 0 Å². The van der Waals surface area contributed by atoms with E-state index in [2.05, 4.69) is 0 Å². The van der Waals surface area contributed by atoms with E-state index in [9.17, 15) is 14.6 Å². The third-order valence-corrected chi connectivity index (χ3v) is 2.47.